The molecule has 1 fully saturated rings. The minimum absolute atomic E-state index is 0.0450. The monoisotopic (exact) mass is 290 g/mol. The third-order valence-corrected chi connectivity index (χ3v) is 3.93. The highest BCUT2D eigenvalue weighted by Gasteiger charge is 2.34. The molecule has 2 atom stereocenters. The van der Waals surface area contributed by atoms with E-state index in [-0.39, 0.29) is 11.9 Å². The Labute approximate surface area is 127 Å². The highest BCUT2D eigenvalue weighted by molar-refractivity contribution is 5.82. The van der Waals surface area contributed by atoms with Crippen LogP contribution < -0.4 is 15.8 Å². The van der Waals surface area contributed by atoms with Gasteiger partial charge < -0.3 is 15.8 Å². The molecular formula is C17H26N2O2. The summed E-state index contributed by atoms with van der Waals surface area (Å²) in [6.45, 7) is 4.16. The molecule has 4 nitrogen and oxygen atoms in total. The van der Waals surface area contributed by atoms with Crippen molar-refractivity contribution in [2.24, 2.45) is 17.6 Å². The SMILES string of the molecule is COc1ccc(C(NC(=O)[C@@H](N)CC(C)C)C2CC2)cc1. The zero-order valence-corrected chi connectivity index (χ0v) is 13.1. The van der Waals surface area contributed by atoms with Crippen LogP contribution in [-0.4, -0.2) is 19.1 Å². The summed E-state index contributed by atoms with van der Waals surface area (Å²) in [6, 6.07) is 7.56. The van der Waals surface area contributed by atoms with E-state index in [1.807, 2.05) is 24.3 Å². The van der Waals surface area contributed by atoms with Gasteiger partial charge in [0.1, 0.15) is 5.75 Å². The summed E-state index contributed by atoms with van der Waals surface area (Å²) in [5.41, 5.74) is 7.11. The summed E-state index contributed by atoms with van der Waals surface area (Å²) in [7, 11) is 1.65. The van der Waals surface area contributed by atoms with E-state index in [9.17, 15) is 4.79 Å². The minimum atomic E-state index is -0.426. The molecule has 0 spiro atoms. The van der Waals surface area contributed by atoms with Crippen LogP contribution in [0, 0.1) is 11.8 Å². The van der Waals surface area contributed by atoms with Gasteiger partial charge in [-0.15, -0.1) is 0 Å². The fourth-order valence-electron chi connectivity index (χ4n) is 2.59. The Bertz CT molecular complexity index is 466. The van der Waals surface area contributed by atoms with Crippen LogP contribution >= 0.6 is 0 Å². The van der Waals surface area contributed by atoms with Gasteiger partial charge in [-0.25, -0.2) is 0 Å². The Hall–Kier alpha value is -1.55. The van der Waals surface area contributed by atoms with E-state index in [2.05, 4.69) is 19.2 Å². The standard InChI is InChI=1S/C17H26N2O2/c1-11(2)10-15(18)17(20)19-16(12-4-5-12)13-6-8-14(21-3)9-7-13/h6-9,11-12,15-16H,4-5,10,18H2,1-3H3,(H,19,20)/t15-,16?/m0/s1. The molecule has 0 aromatic heterocycles. The summed E-state index contributed by atoms with van der Waals surface area (Å²) in [5, 5.41) is 3.13. The smallest absolute Gasteiger partial charge is 0.237 e. The first-order valence-electron chi connectivity index (χ1n) is 7.71. The lowest BCUT2D eigenvalue weighted by molar-refractivity contribution is -0.123. The van der Waals surface area contributed by atoms with E-state index in [0.717, 1.165) is 24.2 Å². The third-order valence-electron chi connectivity index (χ3n) is 3.93. The van der Waals surface area contributed by atoms with Crippen molar-refractivity contribution >= 4 is 5.91 Å². The molecule has 1 saturated carbocycles. The van der Waals surface area contributed by atoms with Gasteiger partial charge in [-0.2, -0.15) is 0 Å². The second-order valence-corrected chi connectivity index (χ2v) is 6.33. The van der Waals surface area contributed by atoms with E-state index >= 15 is 0 Å². The van der Waals surface area contributed by atoms with E-state index in [0.29, 0.717) is 18.3 Å². The highest BCUT2D eigenvalue weighted by atomic mass is 16.5. The van der Waals surface area contributed by atoms with Gasteiger partial charge in [0.2, 0.25) is 5.91 Å². The van der Waals surface area contributed by atoms with Gasteiger partial charge in [-0.1, -0.05) is 26.0 Å². The average Bonchev–Trinajstić information content (AvgIpc) is 3.28. The molecule has 1 aromatic rings. The Balaban J connectivity index is 2.03. The van der Waals surface area contributed by atoms with Gasteiger partial charge in [0.05, 0.1) is 19.2 Å². The van der Waals surface area contributed by atoms with Crippen molar-refractivity contribution < 1.29 is 9.53 Å². The molecule has 1 aliphatic carbocycles. The minimum Gasteiger partial charge on any atom is -0.497 e. The quantitative estimate of drug-likeness (QED) is 0.811. The number of carbonyl (C=O) groups is 1. The first-order valence-corrected chi connectivity index (χ1v) is 7.71. The van der Waals surface area contributed by atoms with Crippen molar-refractivity contribution in [2.75, 3.05) is 7.11 Å². The molecule has 1 aliphatic rings. The van der Waals surface area contributed by atoms with Crippen molar-refractivity contribution in [1.82, 2.24) is 5.32 Å². The van der Waals surface area contributed by atoms with Crippen LogP contribution in [0.1, 0.15) is 44.7 Å². The zero-order chi connectivity index (χ0) is 15.4. The third kappa shape index (κ3) is 4.46. The number of nitrogens with two attached hydrogens (primary N) is 1. The highest BCUT2D eigenvalue weighted by Crippen LogP contribution is 2.41. The van der Waals surface area contributed by atoms with Gasteiger partial charge >= 0.3 is 0 Å². The summed E-state index contributed by atoms with van der Waals surface area (Å²) < 4.78 is 5.18. The summed E-state index contributed by atoms with van der Waals surface area (Å²) in [5.74, 6) is 1.74. The molecule has 0 radical (unpaired) electrons. The molecular weight excluding hydrogens is 264 g/mol. The lowest BCUT2D eigenvalue weighted by Gasteiger charge is -2.22. The Morgan fingerprint density at radius 2 is 1.95 bits per heavy atom. The topological polar surface area (TPSA) is 64.3 Å². The fraction of sp³-hybridized carbons (Fsp3) is 0.588. The Morgan fingerprint density at radius 3 is 2.43 bits per heavy atom. The number of nitrogens with one attached hydrogen (secondary N) is 1. The lowest BCUT2D eigenvalue weighted by atomic mass is 10.00. The molecule has 1 amide bonds. The number of hydrogen-bond donors (Lipinski definition) is 2. The predicted octanol–water partition coefficient (Wildman–Crippen LogP) is 2.64. The van der Waals surface area contributed by atoms with Crippen molar-refractivity contribution in [3.05, 3.63) is 29.8 Å². The van der Waals surface area contributed by atoms with Crippen LogP contribution in [0.15, 0.2) is 24.3 Å². The van der Waals surface area contributed by atoms with Gasteiger partial charge in [0.25, 0.3) is 0 Å². The number of rotatable bonds is 7. The van der Waals surface area contributed by atoms with Crippen LogP contribution in [-0.2, 0) is 4.79 Å². The second kappa shape index (κ2) is 6.94. The van der Waals surface area contributed by atoms with Crippen LogP contribution in [0.25, 0.3) is 0 Å². The van der Waals surface area contributed by atoms with Crippen molar-refractivity contribution in [1.29, 1.82) is 0 Å². The second-order valence-electron chi connectivity index (χ2n) is 6.33. The number of ether oxygens (including phenoxy) is 1. The number of methoxy groups -OCH3 is 1. The van der Waals surface area contributed by atoms with Crippen molar-refractivity contribution in [3.8, 4) is 5.75 Å². The predicted molar refractivity (Wildman–Crippen MR) is 84.0 cm³/mol. The summed E-state index contributed by atoms with van der Waals surface area (Å²) in [6.07, 6.45) is 3.04. The maximum absolute atomic E-state index is 12.3. The molecule has 0 aliphatic heterocycles. The molecule has 3 N–H and O–H groups in total. The van der Waals surface area contributed by atoms with Crippen LogP contribution in [0.3, 0.4) is 0 Å². The van der Waals surface area contributed by atoms with Crippen LogP contribution in [0.4, 0.5) is 0 Å². The summed E-state index contributed by atoms with van der Waals surface area (Å²) >= 11 is 0. The molecule has 116 valence electrons. The lowest BCUT2D eigenvalue weighted by Crippen LogP contribution is -2.43. The van der Waals surface area contributed by atoms with Crippen molar-refractivity contribution in [3.63, 3.8) is 0 Å². The molecule has 0 heterocycles. The first kappa shape index (κ1) is 15.8. The van der Waals surface area contributed by atoms with Crippen LogP contribution in [0.5, 0.6) is 5.75 Å². The van der Waals surface area contributed by atoms with Crippen molar-refractivity contribution in [2.45, 2.75) is 45.2 Å². The molecule has 1 aromatic carbocycles. The number of benzene rings is 1. The number of carbonyl (C=O) groups excluding carboxylic acids is 1. The summed E-state index contributed by atoms with van der Waals surface area (Å²) in [4.78, 5) is 12.3. The van der Waals surface area contributed by atoms with E-state index in [1.54, 1.807) is 7.11 Å². The van der Waals surface area contributed by atoms with Gasteiger partial charge in [-0.05, 0) is 48.8 Å². The number of hydrogen-bond acceptors (Lipinski definition) is 3. The molecule has 0 bridgehead atoms. The first-order chi connectivity index (χ1) is 10.0. The average molecular weight is 290 g/mol. The van der Waals surface area contributed by atoms with Gasteiger partial charge in [0.15, 0.2) is 0 Å². The van der Waals surface area contributed by atoms with E-state index < -0.39 is 6.04 Å². The normalized spacial score (nSPS) is 17.4. The van der Waals surface area contributed by atoms with E-state index in [4.69, 9.17) is 10.5 Å². The maximum atomic E-state index is 12.3. The Morgan fingerprint density at radius 1 is 1.33 bits per heavy atom. The molecule has 1 unspecified atom stereocenters. The fourth-order valence-corrected chi connectivity index (χ4v) is 2.59. The maximum Gasteiger partial charge on any atom is 0.237 e. The van der Waals surface area contributed by atoms with Gasteiger partial charge in [0, 0.05) is 0 Å². The zero-order valence-electron chi connectivity index (χ0n) is 13.1. The largest absolute Gasteiger partial charge is 0.497 e. The Kier molecular flexibility index (Phi) is 5.23. The molecule has 4 heteroatoms. The van der Waals surface area contributed by atoms with Gasteiger partial charge in [-0.3, -0.25) is 4.79 Å². The molecule has 2 rings (SSSR count). The molecule has 0 saturated heterocycles. The number of amides is 1. The molecule has 21 heavy (non-hydrogen) atoms. The van der Waals surface area contributed by atoms with E-state index in [1.165, 1.54) is 0 Å². The van der Waals surface area contributed by atoms with Crippen LogP contribution in [0.2, 0.25) is 0 Å².